The third-order valence-electron chi connectivity index (χ3n) is 2.64. The van der Waals surface area contributed by atoms with E-state index in [1.807, 2.05) is 19.9 Å². The molecule has 1 rings (SSSR count). The lowest BCUT2D eigenvalue weighted by Crippen LogP contribution is -2.40. The van der Waals surface area contributed by atoms with Crippen LogP contribution in [0, 0.1) is 5.92 Å². The molecule has 5 heteroatoms. The van der Waals surface area contributed by atoms with Crippen molar-refractivity contribution in [3.05, 3.63) is 40.9 Å². The molecule has 1 aromatic rings. The Morgan fingerprint density at radius 1 is 1.35 bits per heavy atom. The highest BCUT2D eigenvalue weighted by Crippen LogP contribution is 2.16. The number of benzene rings is 1. The molecule has 20 heavy (non-hydrogen) atoms. The van der Waals surface area contributed by atoms with Gasteiger partial charge < -0.3 is 10.4 Å². The van der Waals surface area contributed by atoms with Gasteiger partial charge in [0.05, 0.1) is 0 Å². The van der Waals surface area contributed by atoms with Gasteiger partial charge in [0.15, 0.2) is 0 Å². The number of carboxylic acid groups (broad SMARTS) is 1. The van der Waals surface area contributed by atoms with E-state index in [1.54, 1.807) is 24.3 Å². The molecule has 1 amide bonds. The summed E-state index contributed by atoms with van der Waals surface area (Å²) in [6.45, 7) is 3.81. The number of halogens is 1. The normalized spacial score (nSPS) is 12.6. The van der Waals surface area contributed by atoms with Gasteiger partial charge in [-0.05, 0) is 30.0 Å². The number of carboxylic acids is 1. The van der Waals surface area contributed by atoms with E-state index in [1.165, 1.54) is 6.08 Å². The minimum absolute atomic E-state index is 0.184. The van der Waals surface area contributed by atoms with E-state index in [9.17, 15) is 9.59 Å². The van der Waals surface area contributed by atoms with Gasteiger partial charge in [-0.2, -0.15) is 0 Å². The van der Waals surface area contributed by atoms with E-state index in [4.69, 9.17) is 16.7 Å². The number of carbonyl (C=O) groups is 2. The summed E-state index contributed by atoms with van der Waals surface area (Å²) in [5.74, 6) is -1.29. The van der Waals surface area contributed by atoms with Crippen LogP contribution in [0.25, 0.3) is 6.08 Å². The van der Waals surface area contributed by atoms with Gasteiger partial charge in [0, 0.05) is 11.1 Å². The minimum atomic E-state index is -1.03. The van der Waals surface area contributed by atoms with Crippen LogP contribution in [0.2, 0.25) is 5.02 Å². The Balaban J connectivity index is 2.66. The number of aliphatic carboxylic acids is 1. The monoisotopic (exact) mass is 295 g/mol. The molecule has 0 saturated heterocycles. The maximum absolute atomic E-state index is 11.7. The quantitative estimate of drug-likeness (QED) is 0.793. The maximum atomic E-state index is 11.7. The van der Waals surface area contributed by atoms with Crippen LogP contribution in [-0.2, 0) is 9.59 Å². The van der Waals surface area contributed by atoms with Gasteiger partial charge in [-0.15, -0.1) is 0 Å². The Morgan fingerprint density at radius 3 is 2.55 bits per heavy atom. The molecule has 0 aliphatic carbocycles. The van der Waals surface area contributed by atoms with Crippen LogP contribution >= 0.6 is 11.6 Å². The fourth-order valence-corrected chi connectivity index (χ4v) is 1.89. The first-order valence-electron chi connectivity index (χ1n) is 6.36. The second-order valence-corrected chi connectivity index (χ2v) is 5.29. The molecule has 0 bridgehead atoms. The fourth-order valence-electron chi connectivity index (χ4n) is 1.69. The van der Waals surface area contributed by atoms with Crippen molar-refractivity contribution in [3.8, 4) is 0 Å². The van der Waals surface area contributed by atoms with Crippen LogP contribution in [0.15, 0.2) is 30.3 Å². The van der Waals surface area contributed by atoms with E-state index in [2.05, 4.69) is 5.32 Å². The van der Waals surface area contributed by atoms with Crippen LogP contribution in [0.5, 0.6) is 0 Å². The summed E-state index contributed by atoms with van der Waals surface area (Å²) in [6.07, 6.45) is 3.24. The lowest BCUT2D eigenvalue weighted by molar-refractivity contribution is -0.141. The maximum Gasteiger partial charge on any atom is 0.326 e. The second kappa shape index (κ2) is 7.70. The zero-order chi connectivity index (χ0) is 15.1. The minimum Gasteiger partial charge on any atom is -0.480 e. The average molecular weight is 296 g/mol. The highest BCUT2D eigenvalue weighted by molar-refractivity contribution is 6.32. The van der Waals surface area contributed by atoms with Gasteiger partial charge in [0.2, 0.25) is 5.91 Å². The molecule has 108 valence electrons. The average Bonchev–Trinajstić information content (AvgIpc) is 2.36. The molecule has 1 unspecified atom stereocenters. The van der Waals surface area contributed by atoms with Crippen molar-refractivity contribution in [2.24, 2.45) is 5.92 Å². The summed E-state index contributed by atoms with van der Waals surface area (Å²) in [7, 11) is 0. The van der Waals surface area contributed by atoms with Crippen molar-refractivity contribution in [2.75, 3.05) is 0 Å². The zero-order valence-electron chi connectivity index (χ0n) is 11.5. The van der Waals surface area contributed by atoms with E-state index >= 15 is 0 Å². The van der Waals surface area contributed by atoms with Crippen molar-refractivity contribution in [1.29, 1.82) is 0 Å². The summed E-state index contributed by atoms with van der Waals surface area (Å²) in [5.41, 5.74) is 0.708. The summed E-state index contributed by atoms with van der Waals surface area (Å²) in [5, 5.41) is 12.0. The van der Waals surface area contributed by atoms with Crippen LogP contribution in [0.1, 0.15) is 25.8 Å². The molecule has 0 heterocycles. The molecule has 0 radical (unpaired) electrons. The van der Waals surface area contributed by atoms with Crippen LogP contribution in [0.3, 0.4) is 0 Å². The number of carbonyl (C=O) groups excluding carboxylic acids is 1. The molecule has 0 spiro atoms. The lowest BCUT2D eigenvalue weighted by atomic mass is 10.0. The zero-order valence-corrected chi connectivity index (χ0v) is 12.2. The Hall–Kier alpha value is -1.81. The Bertz CT molecular complexity index is 512. The predicted molar refractivity (Wildman–Crippen MR) is 79.5 cm³/mol. The molecule has 0 aliphatic heterocycles. The van der Waals surface area contributed by atoms with Gasteiger partial charge in [-0.1, -0.05) is 43.6 Å². The number of hydrogen-bond donors (Lipinski definition) is 2. The predicted octanol–water partition coefficient (Wildman–Crippen LogP) is 2.97. The van der Waals surface area contributed by atoms with Gasteiger partial charge in [-0.25, -0.2) is 4.79 Å². The van der Waals surface area contributed by atoms with Crippen LogP contribution in [0.4, 0.5) is 0 Å². The Kier molecular flexibility index (Phi) is 6.25. The smallest absolute Gasteiger partial charge is 0.326 e. The first-order chi connectivity index (χ1) is 9.40. The van der Waals surface area contributed by atoms with Crippen molar-refractivity contribution in [1.82, 2.24) is 5.32 Å². The SMILES string of the molecule is CC(C)CC(NC(=O)/C=C/c1ccccc1Cl)C(=O)O. The molecule has 1 atom stereocenters. The van der Waals surface area contributed by atoms with Crippen molar-refractivity contribution < 1.29 is 14.7 Å². The first-order valence-corrected chi connectivity index (χ1v) is 6.74. The number of hydrogen-bond acceptors (Lipinski definition) is 2. The third-order valence-corrected chi connectivity index (χ3v) is 2.99. The largest absolute Gasteiger partial charge is 0.480 e. The summed E-state index contributed by atoms with van der Waals surface area (Å²) >= 11 is 5.96. The third kappa shape index (κ3) is 5.45. The van der Waals surface area contributed by atoms with Gasteiger partial charge >= 0.3 is 5.97 Å². The van der Waals surface area contributed by atoms with Gasteiger partial charge in [0.1, 0.15) is 6.04 Å². The van der Waals surface area contributed by atoms with Crippen molar-refractivity contribution in [2.45, 2.75) is 26.3 Å². The topological polar surface area (TPSA) is 66.4 Å². The summed E-state index contributed by atoms with van der Waals surface area (Å²) in [4.78, 5) is 22.8. The first kappa shape index (κ1) is 16.2. The van der Waals surface area contributed by atoms with E-state index in [0.29, 0.717) is 17.0 Å². The standard InChI is InChI=1S/C15H18ClNO3/c1-10(2)9-13(15(19)20)17-14(18)8-7-11-5-3-4-6-12(11)16/h3-8,10,13H,9H2,1-2H3,(H,17,18)(H,19,20)/b8-7+. The van der Waals surface area contributed by atoms with E-state index in [-0.39, 0.29) is 5.92 Å². The molecular weight excluding hydrogens is 278 g/mol. The molecule has 0 aromatic heterocycles. The summed E-state index contributed by atoms with van der Waals surface area (Å²) in [6, 6.07) is 6.22. The fraction of sp³-hybridized carbons (Fsp3) is 0.333. The number of amides is 1. The molecule has 0 fully saturated rings. The Labute approximate surface area is 123 Å². The number of rotatable bonds is 6. The molecule has 0 saturated carbocycles. The van der Waals surface area contributed by atoms with Crippen LogP contribution in [-0.4, -0.2) is 23.0 Å². The highest BCUT2D eigenvalue weighted by Gasteiger charge is 2.19. The van der Waals surface area contributed by atoms with Crippen molar-refractivity contribution in [3.63, 3.8) is 0 Å². The van der Waals surface area contributed by atoms with Gasteiger partial charge in [0.25, 0.3) is 0 Å². The van der Waals surface area contributed by atoms with Crippen molar-refractivity contribution >= 4 is 29.6 Å². The second-order valence-electron chi connectivity index (χ2n) is 4.88. The number of nitrogens with one attached hydrogen (secondary N) is 1. The molecular formula is C15H18ClNO3. The molecule has 1 aromatic carbocycles. The molecule has 0 aliphatic rings. The van der Waals surface area contributed by atoms with E-state index in [0.717, 1.165) is 0 Å². The van der Waals surface area contributed by atoms with Gasteiger partial charge in [-0.3, -0.25) is 4.79 Å². The Morgan fingerprint density at radius 2 is 2.00 bits per heavy atom. The lowest BCUT2D eigenvalue weighted by Gasteiger charge is -2.15. The van der Waals surface area contributed by atoms with Crippen LogP contribution < -0.4 is 5.32 Å². The molecule has 4 nitrogen and oxygen atoms in total. The highest BCUT2D eigenvalue weighted by atomic mass is 35.5. The van der Waals surface area contributed by atoms with E-state index < -0.39 is 17.9 Å². The summed E-state index contributed by atoms with van der Waals surface area (Å²) < 4.78 is 0. The molecule has 2 N–H and O–H groups in total.